The molecule has 4 rings (SSSR count). The highest BCUT2D eigenvalue weighted by atomic mass is 35.5. The summed E-state index contributed by atoms with van der Waals surface area (Å²) in [5, 5.41) is 5.55. The summed E-state index contributed by atoms with van der Waals surface area (Å²) in [5.41, 5.74) is 5.97. The van der Waals surface area contributed by atoms with E-state index < -0.39 is 27.6 Å². The summed E-state index contributed by atoms with van der Waals surface area (Å²) < 4.78 is 43.0. The lowest BCUT2D eigenvalue weighted by molar-refractivity contribution is 0.0996. The standard InChI is InChI=1S/C30H35ClFN5O5S/c1-3-4-5-21-14-20(35-30(39)36-27-15-24(29(33)38)26(32)16-25(27)31)12-13-37(21)18-19-6-11-28(34-17-19)42-22-7-9-23(10-8-22)43(2,40)41/h6-11,15-17,20-21H,3-5,12-14,18H2,1-2H3,(H2,33,38)(H2,35,36,39). The Morgan fingerprint density at radius 2 is 1.93 bits per heavy atom. The molecule has 1 saturated heterocycles. The Kier molecular flexibility index (Phi) is 10.6. The normalized spacial score (nSPS) is 17.3. The summed E-state index contributed by atoms with van der Waals surface area (Å²) in [6.07, 6.45) is 7.45. The molecule has 230 valence electrons. The lowest BCUT2D eigenvalue weighted by Gasteiger charge is -2.40. The van der Waals surface area contributed by atoms with E-state index in [-0.39, 0.29) is 33.3 Å². The number of halogens is 2. The maximum absolute atomic E-state index is 13.9. The van der Waals surface area contributed by atoms with Crippen molar-refractivity contribution in [3.05, 3.63) is 76.7 Å². The van der Waals surface area contributed by atoms with Crippen LogP contribution < -0.4 is 21.1 Å². The number of aromatic nitrogens is 1. The zero-order chi connectivity index (χ0) is 31.1. The monoisotopic (exact) mass is 631 g/mol. The maximum atomic E-state index is 13.9. The Hall–Kier alpha value is -3.74. The second kappa shape index (κ2) is 14.2. The topological polar surface area (TPSA) is 144 Å². The molecule has 43 heavy (non-hydrogen) atoms. The molecule has 0 saturated carbocycles. The fourth-order valence-electron chi connectivity index (χ4n) is 5.03. The molecular formula is C30H35ClFN5O5S. The largest absolute Gasteiger partial charge is 0.439 e. The van der Waals surface area contributed by atoms with E-state index in [4.69, 9.17) is 22.1 Å². The number of nitrogens with zero attached hydrogens (tertiary/aromatic N) is 2. The summed E-state index contributed by atoms with van der Waals surface area (Å²) in [6, 6.07) is 11.6. The predicted molar refractivity (Wildman–Crippen MR) is 163 cm³/mol. The summed E-state index contributed by atoms with van der Waals surface area (Å²) >= 11 is 6.07. The first-order chi connectivity index (χ1) is 20.4. The smallest absolute Gasteiger partial charge is 0.319 e. The maximum Gasteiger partial charge on any atom is 0.319 e. The number of unbranched alkanes of at least 4 members (excludes halogenated alkanes) is 1. The van der Waals surface area contributed by atoms with E-state index in [0.29, 0.717) is 18.2 Å². The number of hydrogen-bond acceptors (Lipinski definition) is 7. The highest BCUT2D eigenvalue weighted by Gasteiger charge is 2.29. The summed E-state index contributed by atoms with van der Waals surface area (Å²) in [4.78, 5) is 31.3. The average molecular weight is 632 g/mol. The third-order valence-corrected chi connectivity index (χ3v) is 8.73. The van der Waals surface area contributed by atoms with Gasteiger partial charge in [0, 0.05) is 43.7 Å². The minimum Gasteiger partial charge on any atom is -0.439 e. The van der Waals surface area contributed by atoms with Gasteiger partial charge in [-0.15, -0.1) is 0 Å². The van der Waals surface area contributed by atoms with Gasteiger partial charge in [0.25, 0.3) is 5.91 Å². The van der Waals surface area contributed by atoms with Crippen LogP contribution in [0.4, 0.5) is 14.9 Å². The van der Waals surface area contributed by atoms with E-state index in [1.165, 1.54) is 12.1 Å². The third kappa shape index (κ3) is 8.88. The molecule has 3 aromatic rings. The molecule has 13 heteroatoms. The number of piperidine rings is 1. The molecule has 0 spiro atoms. The number of primary amides is 1. The zero-order valence-electron chi connectivity index (χ0n) is 24.0. The van der Waals surface area contributed by atoms with Gasteiger partial charge in [-0.1, -0.05) is 37.4 Å². The van der Waals surface area contributed by atoms with Crippen LogP contribution in [0, 0.1) is 5.82 Å². The fraction of sp³-hybridized carbons (Fsp3) is 0.367. The highest BCUT2D eigenvalue weighted by molar-refractivity contribution is 7.90. The van der Waals surface area contributed by atoms with E-state index in [1.54, 1.807) is 24.4 Å². The van der Waals surface area contributed by atoms with Gasteiger partial charge in [-0.25, -0.2) is 22.6 Å². The van der Waals surface area contributed by atoms with Crippen molar-refractivity contribution in [1.82, 2.24) is 15.2 Å². The Morgan fingerprint density at radius 3 is 2.56 bits per heavy atom. The minimum atomic E-state index is -3.28. The van der Waals surface area contributed by atoms with Crippen molar-refractivity contribution < 1.29 is 27.1 Å². The van der Waals surface area contributed by atoms with Gasteiger partial charge in [0.1, 0.15) is 11.6 Å². The van der Waals surface area contributed by atoms with Crippen molar-refractivity contribution in [2.75, 3.05) is 18.1 Å². The van der Waals surface area contributed by atoms with Crippen molar-refractivity contribution in [1.29, 1.82) is 0 Å². The Morgan fingerprint density at radius 1 is 1.19 bits per heavy atom. The van der Waals surface area contributed by atoms with Crippen LogP contribution in [0.25, 0.3) is 0 Å². The molecular weight excluding hydrogens is 597 g/mol. The molecule has 1 aromatic heterocycles. The minimum absolute atomic E-state index is 0.0387. The number of carbonyl (C=O) groups is 2. The second-order valence-corrected chi connectivity index (χ2v) is 13.0. The van der Waals surface area contributed by atoms with Crippen LogP contribution in [-0.4, -0.2) is 55.1 Å². The van der Waals surface area contributed by atoms with E-state index in [1.807, 2.05) is 6.07 Å². The van der Waals surface area contributed by atoms with E-state index in [0.717, 1.165) is 62.6 Å². The van der Waals surface area contributed by atoms with Crippen LogP contribution in [0.1, 0.15) is 54.9 Å². The number of nitrogens with two attached hydrogens (primary N) is 1. The third-order valence-electron chi connectivity index (χ3n) is 7.29. The van der Waals surface area contributed by atoms with Crippen LogP contribution in [0.15, 0.2) is 59.6 Å². The van der Waals surface area contributed by atoms with Crippen LogP contribution in [0.3, 0.4) is 0 Å². The first kappa shape index (κ1) is 32.2. The molecule has 1 aliphatic rings. The van der Waals surface area contributed by atoms with Crippen molar-refractivity contribution in [3.8, 4) is 11.6 Å². The quantitative estimate of drug-likeness (QED) is 0.253. The van der Waals surface area contributed by atoms with Gasteiger partial charge in [0.15, 0.2) is 9.84 Å². The number of amides is 3. The van der Waals surface area contributed by atoms with Crippen LogP contribution in [-0.2, 0) is 16.4 Å². The van der Waals surface area contributed by atoms with E-state index in [2.05, 4.69) is 27.4 Å². The van der Waals surface area contributed by atoms with Gasteiger partial charge in [-0.2, -0.15) is 0 Å². The first-order valence-corrected chi connectivity index (χ1v) is 16.2. The molecule has 0 radical (unpaired) electrons. The molecule has 2 heterocycles. The molecule has 0 aliphatic carbocycles. The van der Waals surface area contributed by atoms with Crippen molar-refractivity contribution in [2.45, 2.75) is 62.6 Å². The lowest BCUT2D eigenvalue weighted by Crippen LogP contribution is -2.50. The number of urea groups is 1. The van der Waals surface area contributed by atoms with Gasteiger partial charge < -0.3 is 21.1 Å². The molecule has 0 bridgehead atoms. The van der Waals surface area contributed by atoms with Crippen molar-refractivity contribution in [2.24, 2.45) is 5.73 Å². The molecule has 1 aliphatic heterocycles. The zero-order valence-corrected chi connectivity index (χ0v) is 25.6. The summed E-state index contributed by atoms with van der Waals surface area (Å²) in [7, 11) is -3.28. The molecule has 2 aromatic carbocycles. The number of sulfone groups is 1. The van der Waals surface area contributed by atoms with Gasteiger partial charge in [0.2, 0.25) is 5.88 Å². The average Bonchev–Trinajstić information content (AvgIpc) is 2.95. The van der Waals surface area contributed by atoms with Gasteiger partial charge in [-0.05, 0) is 61.2 Å². The highest BCUT2D eigenvalue weighted by Crippen LogP contribution is 2.28. The number of anilines is 1. The van der Waals surface area contributed by atoms with Gasteiger partial charge in [-0.3, -0.25) is 9.69 Å². The molecule has 4 N–H and O–H groups in total. The summed E-state index contributed by atoms with van der Waals surface area (Å²) in [6.45, 7) is 3.58. The number of rotatable bonds is 11. The molecule has 2 unspecified atom stereocenters. The van der Waals surface area contributed by atoms with Crippen LogP contribution in [0.2, 0.25) is 5.02 Å². The van der Waals surface area contributed by atoms with Gasteiger partial charge >= 0.3 is 6.03 Å². The van der Waals surface area contributed by atoms with Gasteiger partial charge in [0.05, 0.1) is 21.2 Å². The van der Waals surface area contributed by atoms with E-state index in [9.17, 15) is 22.4 Å². The lowest BCUT2D eigenvalue weighted by atomic mass is 9.93. The van der Waals surface area contributed by atoms with Crippen LogP contribution >= 0.6 is 11.6 Å². The molecule has 3 amide bonds. The number of ether oxygens (including phenoxy) is 1. The molecule has 2 atom stereocenters. The Balaban J connectivity index is 1.34. The molecule has 1 fully saturated rings. The van der Waals surface area contributed by atoms with E-state index >= 15 is 0 Å². The number of nitrogens with one attached hydrogen (secondary N) is 2. The second-order valence-electron chi connectivity index (χ2n) is 10.6. The van der Waals surface area contributed by atoms with Crippen molar-refractivity contribution in [3.63, 3.8) is 0 Å². The summed E-state index contributed by atoms with van der Waals surface area (Å²) in [5.74, 6) is -0.923. The number of benzene rings is 2. The fourth-order valence-corrected chi connectivity index (χ4v) is 5.86. The number of carbonyl (C=O) groups excluding carboxylic acids is 2. The Labute approximate surface area is 255 Å². The van der Waals surface area contributed by atoms with Crippen LogP contribution in [0.5, 0.6) is 11.6 Å². The molecule has 10 nitrogen and oxygen atoms in total. The SMILES string of the molecule is CCCCC1CC(NC(=O)Nc2cc(C(N)=O)c(F)cc2Cl)CCN1Cc1ccc(Oc2ccc(S(C)(=O)=O)cc2)nc1. The number of likely N-dealkylation sites (tertiary alicyclic amines) is 1. The first-order valence-electron chi connectivity index (χ1n) is 14.0. The number of hydrogen-bond donors (Lipinski definition) is 3. The Bertz CT molecular complexity index is 1550. The number of pyridine rings is 1. The predicted octanol–water partition coefficient (Wildman–Crippen LogP) is 5.51. The van der Waals surface area contributed by atoms with Crippen molar-refractivity contribution >= 4 is 39.1 Å².